The minimum Gasteiger partial charge on any atom is -0.457 e. The summed E-state index contributed by atoms with van der Waals surface area (Å²) in [7, 11) is 0. The van der Waals surface area contributed by atoms with Gasteiger partial charge in [-0.15, -0.1) is 0 Å². The number of ether oxygens (including phenoxy) is 1. The van der Waals surface area contributed by atoms with Crippen molar-refractivity contribution in [2.45, 2.75) is 6.42 Å². The Morgan fingerprint density at radius 1 is 0.923 bits per heavy atom. The van der Waals surface area contributed by atoms with Crippen LogP contribution in [-0.2, 0) is 16.0 Å². The Kier molecular flexibility index (Phi) is 5.03. The molecular weight excluding hydrogens is 334 g/mol. The van der Waals surface area contributed by atoms with Gasteiger partial charge in [0.1, 0.15) is 0 Å². The third kappa shape index (κ3) is 3.92. The largest absolute Gasteiger partial charge is 0.457 e. The van der Waals surface area contributed by atoms with Gasteiger partial charge in [-0.1, -0.05) is 54.6 Å². The fourth-order valence-electron chi connectivity index (χ4n) is 2.65. The minimum atomic E-state index is -0.563. The highest BCUT2D eigenvalue weighted by Crippen LogP contribution is 2.19. The standard InChI is InChI=1S/C20H15NO5/c22-19(18-7-3-5-15-4-1-2-6-17(15)18)13-26-20(23)12-14-8-10-16(11-9-14)21(24)25/h1-11H,12-13H2. The lowest BCUT2D eigenvalue weighted by Gasteiger charge is -2.07. The molecule has 0 fully saturated rings. The van der Waals surface area contributed by atoms with E-state index in [0.717, 1.165) is 10.8 Å². The van der Waals surface area contributed by atoms with Gasteiger partial charge < -0.3 is 4.74 Å². The Bertz CT molecular complexity index is 974. The van der Waals surface area contributed by atoms with E-state index in [1.165, 1.54) is 24.3 Å². The molecule has 6 heteroatoms. The van der Waals surface area contributed by atoms with Crippen LogP contribution >= 0.6 is 0 Å². The number of nitro benzene ring substituents is 1. The van der Waals surface area contributed by atoms with Crippen LogP contribution in [0.1, 0.15) is 15.9 Å². The number of ketones is 1. The highest BCUT2D eigenvalue weighted by molar-refractivity contribution is 6.09. The van der Waals surface area contributed by atoms with Crippen LogP contribution in [0.2, 0.25) is 0 Å². The van der Waals surface area contributed by atoms with E-state index in [-0.39, 0.29) is 24.5 Å². The Labute approximate surface area is 149 Å². The number of nitro groups is 1. The summed E-state index contributed by atoms with van der Waals surface area (Å²) in [6.07, 6.45) is -0.0548. The highest BCUT2D eigenvalue weighted by Gasteiger charge is 2.13. The van der Waals surface area contributed by atoms with Crippen molar-refractivity contribution in [3.05, 3.63) is 88.0 Å². The van der Waals surface area contributed by atoms with Gasteiger partial charge in [0.25, 0.3) is 5.69 Å². The van der Waals surface area contributed by atoms with E-state index in [2.05, 4.69) is 0 Å². The summed E-state index contributed by atoms with van der Waals surface area (Å²) in [6.45, 7) is -0.347. The number of Topliss-reactive ketones (excluding diaryl/α,β-unsaturated/α-hetero) is 1. The average Bonchev–Trinajstić information content (AvgIpc) is 2.66. The fraction of sp³-hybridized carbons (Fsp3) is 0.100. The van der Waals surface area contributed by atoms with Crippen molar-refractivity contribution in [2.75, 3.05) is 6.61 Å². The van der Waals surface area contributed by atoms with Gasteiger partial charge in [0.2, 0.25) is 5.78 Å². The molecule has 3 rings (SSSR count). The molecule has 0 unspecified atom stereocenters. The van der Waals surface area contributed by atoms with E-state index >= 15 is 0 Å². The maximum absolute atomic E-state index is 12.4. The zero-order valence-electron chi connectivity index (χ0n) is 13.8. The van der Waals surface area contributed by atoms with E-state index in [9.17, 15) is 19.7 Å². The first-order valence-electron chi connectivity index (χ1n) is 7.94. The predicted octanol–water partition coefficient (Wildman–Crippen LogP) is 3.72. The number of nitrogens with zero attached hydrogens (tertiary/aromatic N) is 1. The maximum atomic E-state index is 12.4. The molecule has 0 amide bonds. The van der Waals surface area contributed by atoms with Gasteiger partial charge in [0, 0.05) is 17.7 Å². The van der Waals surface area contributed by atoms with Gasteiger partial charge in [0.15, 0.2) is 6.61 Å². The van der Waals surface area contributed by atoms with E-state index in [0.29, 0.717) is 11.1 Å². The van der Waals surface area contributed by atoms with Crippen LogP contribution in [-0.4, -0.2) is 23.3 Å². The lowest BCUT2D eigenvalue weighted by atomic mass is 10.0. The second-order valence-corrected chi connectivity index (χ2v) is 5.71. The Morgan fingerprint density at radius 2 is 1.62 bits per heavy atom. The van der Waals surface area contributed by atoms with Crippen molar-refractivity contribution in [2.24, 2.45) is 0 Å². The first kappa shape index (κ1) is 17.3. The smallest absolute Gasteiger partial charge is 0.310 e. The van der Waals surface area contributed by atoms with Crippen LogP contribution in [0.4, 0.5) is 5.69 Å². The molecule has 0 aliphatic rings. The van der Waals surface area contributed by atoms with Gasteiger partial charge in [-0.25, -0.2) is 0 Å². The van der Waals surface area contributed by atoms with Crippen molar-refractivity contribution < 1.29 is 19.2 Å². The minimum absolute atomic E-state index is 0.0479. The van der Waals surface area contributed by atoms with Gasteiger partial charge in [0.05, 0.1) is 11.3 Å². The van der Waals surface area contributed by atoms with Crippen LogP contribution in [0.15, 0.2) is 66.7 Å². The topological polar surface area (TPSA) is 86.5 Å². The molecule has 0 saturated carbocycles. The van der Waals surface area contributed by atoms with E-state index in [4.69, 9.17) is 4.74 Å². The average molecular weight is 349 g/mol. The summed E-state index contributed by atoms with van der Waals surface area (Å²) in [4.78, 5) is 34.4. The summed E-state index contributed by atoms with van der Waals surface area (Å²) in [5.74, 6) is -0.841. The Hall–Kier alpha value is -3.54. The number of hydrogen-bond donors (Lipinski definition) is 0. The zero-order valence-corrected chi connectivity index (χ0v) is 13.8. The lowest BCUT2D eigenvalue weighted by Crippen LogP contribution is -2.16. The number of benzene rings is 3. The van der Waals surface area contributed by atoms with Crippen LogP contribution in [0.3, 0.4) is 0 Å². The normalized spacial score (nSPS) is 10.5. The van der Waals surface area contributed by atoms with Crippen molar-refractivity contribution in [3.8, 4) is 0 Å². The van der Waals surface area contributed by atoms with Gasteiger partial charge in [-0.2, -0.15) is 0 Å². The quantitative estimate of drug-likeness (QED) is 0.293. The summed E-state index contributed by atoms with van der Waals surface area (Å²) in [6, 6.07) is 18.5. The number of carbonyl (C=O) groups excluding carboxylic acids is 2. The maximum Gasteiger partial charge on any atom is 0.310 e. The molecule has 0 saturated heterocycles. The number of fused-ring (bicyclic) bond motifs is 1. The first-order chi connectivity index (χ1) is 12.5. The number of hydrogen-bond acceptors (Lipinski definition) is 5. The van der Waals surface area contributed by atoms with Crippen LogP contribution in [0, 0.1) is 10.1 Å². The van der Waals surface area contributed by atoms with Crippen molar-refractivity contribution >= 4 is 28.2 Å². The summed E-state index contributed by atoms with van der Waals surface area (Å²) < 4.78 is 5.07. The second kappa shape index (κ2) is 7.57. The van der Waals surface area contributed by atoms with Gasteiger partial charge in [-0.3, -0.25) is 19.7 Å². The van der Waals surface area contributed by atoms with Crippen molar-refractivity contribution in [1.82, 2.24) is 0 Å². The lowest BCUT2D eigenvalue weighted by molar-refractivity contribution is -0.384. The molecule has 3 aromatic rings. The van der Waals surface area contributed by atoms with Crippen LogP contribution < -0.4 is 0 Å². The van der Waals surface area contributed by atoms with Gasteiger partial charge >= 0.3 is 5.97 Å². The Balaban J connectivity index is 1.62. The third-order valence-corrected chi connectivity index (χ3v) is 3.95. The number of non-ortho nitro benzene ring substituents is 1. The fourth-order valence-corrected chi connectivity index (χ4v) is 2.65. The van der Waals surface area contributed by atoms with E-state index < -0.39 is 10.9 Å². The molecule has 6 nitrogen and oxygen atoms in total. The molecule has 0 N–H and O–H groups in total. The SMILES string of the molecule is O=C(Cc1ccc([N+](=O)[O-])cc1)OCC(=O)c1cccc2ccccc12. The summed E-state index contributed by atoms with van der Waals surface area (Å²) in [5.41, 5.74) is 1.04. The van der Waals surface area contributed by atoms with Crippen molar-refractivity contribution in [1.29, 1.82) is 0 Å². The molecular formula is C20H15NO5. The molecule has 3 aromatic carbocycles. The molecule has 26 heavy (non-hydrogen) atoms. The predicted molar refractivity (Wildman–Crippen MR) is 96.0 cm³/mol. The molecule has 130 valence electrons. The monoisotopic (exact) mass is 349 g/mol. The second-order valence-electron chi connectivity index (χ2n) is 5.71. The molecule has 0 atom stereocenters. The number of rotatable bonds is 6. The summed E-state index contributed by atoms with van der Waals surface area (Å²) >= 11 is 0. The molecule has 0 heterocycles. The van der Waals surface area contributed by atoms with E-state index in [1.807, 2.05) is 30.3 Å². The van der Waals surface area contributed by atoms with Crippen LogP contribution in [0.25, 0.3) is 10.8 Å². The Morgan fingerprint density at radius 3 is 2.35 bits per heavy atom. The van der Waals surface area contributed by atoms with Crippen molar-refractivity contribution in [3.63, 3.8) is 0 Å². The molecule has 0 aliphatic heterocycles. The molecule has 0 spiro atoms. The van der Waals surface area contributed by atoms with E-state index in [1.54, 1.807) is 12.1 Å². The molecule has 0 bridgehead atoms. The van der Waals surface area contributed by atoms with Gasteiger partial charge in [-0.05, 0) is 16.3 Å². The summed E-state index contributed by atoms with van der Waals surface area (Å²) in [5, 5.41) is 12.4. The zero-order chi connectivity index (χ0) is 18.5. The van der Waals surface area contributed by atoms with Crippen LogP contribution in [0.5, 0.6) is 0 Å². The number of esters is 1. The molecule has 0 radical (unpaired) electrons. The highest BCUT2D eigenvalue weighted by atomic mass is 16.6. The number of carbonyl (C=O) groups is 2. The first-order valence-corrected chi connectivity index (χ1v) is 7.94. The third-order valence-electron chi connectivity index (χ3n) is 3.95. The molecule has 0 aromatic heterocycles. The molecule has 0 aliphatic carbocycles.